The van der Waals surface area contributed by atoms with Crippen LogP contribution in [0.5, 0.6) is 0 Å². The molecule has 0 bridgehead atoms. The highest BCUT2D eigenvalue weighted by molar-refractivity contribution is 7.20. The van der Waals surface area contributed by atoms with E-state index in [4.69, 9.17) is 0 Å². The van der Waals surface area contributed by atoms with Crippen LogP contribution in [-0.2, 0) is 4.74 Å². The minimum atomic E-state index is -0.370. The predicted octanol–water partition coefficient (Wildman–Crippen LogP) is 2.39. The SMILES string of the molecule is COC(=O)c1nc2c(C)cccc2s1. The highest BCUT2D eigenvalue weighted by Crippen LogP contribution is 2.24. The zero-order valence-corrected chi connectivity index (χ0v) is 8.72. The van der Waals surface area contributed by atoms with Gasteiger partial charge in [0.15, 0.2) is 0 Å². The van der Waals surface area contributed by atoms with Gasteiger partial charge in [-0.1, -0.05) is 12.1 Å². The number of thiazole rings is 1. The van der Waals surface area contributed by atoms with Gasteiger partial charge in [-0.25, -0.2) is 9.78 Å². The van der Waals surface area contributed by atoms with Crippen LogP contribution in [0.2, 0.25) is 0 Å². The van der Waals surface area contributed by atoms with E-state index in [1.165, 1.54) is 18.4 Å². The van der Waals surface area contributed by atoms with Crippen LogP contribution < -0.4 is 0 Å². The maximum absolute atomic E-state index is 11.2. The third-order valence-corrected chi connectivity index (χ3v) is 2.98. The molecule has 0 unspecified atom stereocenters. The molecular weight excluding hydrogens is 198 g/mol. The highest BCUT2D eigenvalue weighted by Gasteiger charge is 2.12. The Kier molecular flexibility index (Phi) is 2.21. The standard InChI is InChI=1S/C10H9NO2S/c1-6-4-3-5-7-8(6)11-9(14-7)10(12)13-2/h3-5H,1-2H3. The van der Waals surface area contributed by atoms with Crippen molar-refractivity contribution in [3.05, 3.63) is 28.8 Å². The zero-order valence-electron chi connectivity index (χ0n) is 7.90. The van der Waals surface area contributed by atoms with Crippen LogP contribution in [0, 0.1) is 6.92 Å². The smallest absolute Gasteiger partial charge is 0.367 e. The summed E-state index contributed by atoms with van der Waals surface area (Å²) in [5, 5.41) is 0.414. The van der Waals surface area contributed by atoms with Crippen molar-refractivity contribution >= 4 is 27.5 Å². The first kappa shape index (κ1) is 9.15. The van der Waals surface area contributed by atoms with Gasteiger partial charge in [0, 0.05) is 0 Å². The van der Waals surface area contributed by atoms with Gasteiger partial charge < -0.3 is 4.74 Å². The third-order valence-electron chi connectivity index (χ3n) is 1.98. The lowest BCUT2D eigenvalue weighted by Gasteiger charge is -1.91. The second kappa shape index (κ2) is 3.38. The van der Waals surface area contributed by atoms with E-state index in [1.54, 1.807) is 0 Å². The van der Waals surface area contributed by atoms with Crippen LogP contribution in [0.4, 0.5) is 0 Å². The quantitative estimate of drug-likeness (QED) is 0.674. The average molecular weight is 207 g/mol. The van der Waals surface area contributed by atoms with Crippen LogP contribution in [0.3, 0.4) is 0 Å². The molecule has 0 saturated carbocycles. The first-order chi connectivity index (χ1) is 6.72. The van der Waals surface area contributed by atoms with E-state index in [0.717, 1.165) is 15.8 Å². The summed E-state index contributed by atoms with van der Waals surface area (Å²) in [5.41, 5.74) is 1.96. The van der Waals surface area contributed by atoms with Crippen molar-refractivity contribution in [3.63, 3.8) is 0 Å². The number of esters is 1. The third kappa shape index (κ3) is 1.37. The Bertz CT molecular complexity index is 490. The number of hydrogen-bond donors (Lipinski definition) is 0. The number of aryl methyl sites for hydroxylation is 1. The first-order valence-electron chi connectivity index (χ1n) is 4.17. The van der Waals surface area contributed by atoms with E-state index in [2.05, 4.69) is 9.72 Å². The van der Waals surface area contributed by atoms with Crippen molar-refractivity contribution in [1.29, 1.82) is 0 Å². The molecule has 1 aromatic carbocycles. The fourth-order valence-corrected chi connectivity index (χ4v) is 2.22. The summed E-state index contributed by atoms with van der Waals surface area (Å²) in [4.78, 5) is 15.4. The molecule has 0 saturated heterocycles. The summed E-state index contributed by atoms with van der Waals surface area (Å²) in [6, 6.07) is 5.88. The number of carbonyl (C=O) groups is 1. The first-order valence-corrected chi connectivity index (χ1v) is 4.98. The molecule has 1 heterocycles. The number of carbonyl (C=O) groups excluding carboxylic acids is 1. The summed E-state index contributed by atoms with van der Waals surface area (Å²) in [6.07, 6.45) is 0. The van der Waals surface area contributed by atoms with Gasteiger partial charge in [0.2, 0.25) is 5.01 Å². The van der Waals surface area contributed by atoms with Gasteiger partial charge in [0.25, 0.3) is 0 Å². The number of para-hydroxylation sites is 1. The van der Waals surface area contributed by atoms with Gasteiger partial charge in [0.1, 0.15) is 0 Å². The summed E-state index contributed by atoms with van der Waals surface area (Å²) in [7, 11) is 1.36. The van der Waals surface area contributed by atoms with Crippen LogP contribution >= 0.6 is 11.3 Å². The van der Waals surface area contributed by atoms with Crippen molar-refractivity contribution in [2.24, 2.45) is 0 Å². The normalized spacial score (nSPS) is 10.4. The molecule has 2 rings (SSSR count). The molecule has 4 heteroatoms. The Morgan fingerprint density at radius 3 is 2.93 bits per heavy atom. The van der Waals surface area contributed by atoms with Crippen LogP contribution in [0.25, 0.3) is 10.2 Å². The number of hydrogen-bond acceptors (Lipinski definition) is 4. The lowest BCUT2D eigenvalue weighted by Crippen LogP contribution is -1.99. The second-order valence-corrected chi connectivity index (χ2v) is 3.96. The number of nitrogens with zero attached hydrogens (tertiary/aromatic N) is 1. The Morgan fingerprint density at radius 2 is 2.29 bits per heavy atom. The Hall–Kier alpha value is -1.42. The molecule has 0 radical (unpaired) electrons. The predicted molar refractivity (Wildman–Crippen MR) is 55.7 cm³/mol. The molecule has 0 aliphatic heterocycles. The monoisotopic (exact) mass is 207 g/mol. The lowest BCUT2D eigenvalue weighted by atomic mass is 10.2. The van der Waals surface area contributed by atoms with Gasteiger partial charge in [-0.3, -0.25) is 0 Å². The molecule has 72 valence electrons. The van der Waals surface area contributed by atoms with E-state index in [1.807, 2.05) is 25.1 Å². The van der Waals surface area contributed by atoms with E-state index in [9.17, 15) is 4.79 Å². The van der Waals surface area contributed by atoms with Crippen LogP contribution in [-0.4, -0.2) is 18.1 Å². The fraction of sp³-hybridized carbons (Fsp3) is 0.200. The molecule has 0 aliphatic carbocycles. The fourth-order valence-electron chi connectivity index (χ4n) is 1.26. The number of rotatable bonds is 1. The number of fused-ring (bicyclic) bond motifs is 1. The second-order valence-electron chi connectivity index (χ2n) is 2.93. The van der Waals surface area contributed by atoms with Gasteiger partial charge in [-0.05, 0) is 18.6 Å². The molecule has 0 fully saturated rings. The molecule has 14 heavy (non-hydrogen) atoms. The van der Waals surface area contributed by atoms with Gasteiger partial charge in [-0.15, -0.1) is 11.3 Å². The summed E-state index contributed by atoms with van der Waals surface area (Å²) < 4.78 is 5.63. The molecule has 0 spiro atoms. The van der Waals surface area contributed by atoms with Gasteiger partial charge in [-0.2, -0.15) is 0 Å². The summed E-state index contributed by atoms with van der Waals surface area (Å²) >= 11 is 1.36. The van der Waals surface area contributed by atoms with E-state index < -0.39 is 0 Å². The largest absolute Gasteiger partial charge is 0.464 e. The Morgan fingerprint density at radius 1 is 1.50 bits per heavy atom. The summed E-state index contributed by atoms with van der Waals surface area (Å²) in [5.74, 6) is -0.370. The van der Waals surface area contributed by atoms with Crippen molar-refractivity contribution < 1.29 is 9.53 Å². The maximum Gasteiger partial charge on any atom is 0.367 e. The minimum Gasteiger partial charge on any atom is -0.464 e. The zero-order chi connectivity index (χ0) is 10.1. The van der Waals surface area contributed by atoms with Gasteiger partial charge in [0.05, 0.1) is 17.3 Å². The number of ether oxygens (including phenoxy) is 1. The molecule has 0 amide bonds. The number of methoxy groups -OCH3 is 1. The number of benzene rings is 1. The molecule has 3 nitrogen and oxygen atoms in total. The van der Waals surface area contributed by atoms with E-state index in [-0.39, 0.29) is 5.97 Å². The Balaban J connectivity index is 2.62. The van der Waals surface area contributed by atoms with Crippen LogP contribution in [0.15, 0.2) is 18.2 Å². The van der Waals surface area contributed by atoms with E-state index >= 15 is 0 Å². The van der Waals surface area contributed by atoms with Crippen molar-refractivity contribution in [3.8, 4) is 0 Å². The molecule has 0 N–H and O–H groups in total. The minimum absolute atomic E-state index is 0.370. The summed E-state index contributed by atoms with van der Waals surface area (Å²) in [6.45, 7) is 1.98. The maximum atomic E-state index is 11.2. The van der Waals surface area contributed by atoms with Crippen LogP contribution in [0.1, 0.15) is 15.4 Å². The highest BCUT2D eigenvalue weighted by atomic mass is 32.1. The van der Waals surface area contributed by atoms with Crippen molar-refractivity contribution in [1.82, 2.24) is 4.98 Å². The topological polar surface area (TPSA) is 39.2 Å². The molecule has 0 atom stereocenters. The molecule has 0 aliphatic rings. The molecule has 1 aromatic heterocycles. The van der Waals surface area contributed by atoms with Crippen molar-refractivity contribution in [2.75, 3.05) is 7.11 Å². The number of aromatic nitrogens is 1. The Labute approximate surface area is 85.3 Å². The van der Waals surface area contributed by atoms with E-state index in [0.29, 0.717) is 5.01 Å². The molecular formula is C10H9NO2S. The van der Waals surface area contributed by atoms with Gasteiger partial charge >= 0.3 is 5.97 Å². The lowest BCUT2D eigenvalue weighted by molar-refractivity contribution is 0.0600. The molecule has 2 aromatic rings. The van der Waals surface area contributed by atoms with Crippen molar-refractivity contribution in [2.45, 2.75) is 6.92 Å². The average Bonchev–Trinajstić information content (AvgIpc) is 2.62.